The van der Waals surface area contributed by atoms with Crippen LogP contribution in [0.25, 0.3) is 11.1 Å². The second kappa shape index (κ2) is 6.85. The lowest BCUT2D eigenvalue weighted by Crippen LogP contribution is -2.25. The Morgan fingerprint density at radius 3 is 2.58 bits per heavy atom. The highest BCUT2D eigenvalue weighted by molar-refractivity contribution is 5.65. The highest BCUT2D eigenvalue weighted by Gasteiger charge is 2.16. The molecule has 0 N–H and O–H groups in total. The van der Waals surface area contributed by atoms with Crippen molar-refractivity contribution in [2.75, 3.05) is 13.2 Å². The molecular formula is C21H20N2O. The predicted molar refractivity (Wildman–Crippen MR) is 95.7 cm³/mol. The zero-order valence-electron chi connectivity index (χ0n) is 13.6. The van der Waals surface area contributed by atoms with E-state index in [0.29, 0.717) is 0 Å². The van der Waals surface area contributed by atoms with Crippen molar-refractivity contribution in [3.63, 3.8) is 0 Å². The van der Waals surface area contributed by atoms with Crippen LogP contribution in [0.4, 0.5) is 0 Å². The lowest BCUT2D eigenvalue weighted by Gasteiger charge is -2.19. The van der Waals surface area contributed by atoms with Crippen LogP contribution in [0.1, 0.15) is 11.1 Å². The standard InChI is InChI=1S/C21H20N2O/c1-2-4-17(5-3-1)15-23-12-13-24-21-7-6-19(14-20(21)16-23)18-8-10-22-11-9-18/h1-11,14H,12-13,15-16H2. The van der Waals surface area contributed by atoms with Gasteiger partial charge in [-0.15, -0.1) is 0 Å². The molecule has 1 aliphatic heterocycles. The van der Waals surface area contributed by atoms with Gasteiger partial charge in [-0.1, -0.05) is 36.4 Å². The van der Waals surface area contributed by atoms with E-state index >= 15 is 0 Å². The minimum atomic E-state index is 0.731. The van der Waals surface area contributed by atoms with Gasteiger partial charge in [-0.05, 0) is 41.0 Å². The third kappa shape index (κ3) is 3.31. The van der Waals surface area contributed by atoms with Crippen molar-refractivity contribution < 1.29 is 4.74 Å². The van der Waals surface area contributed by atoms with Crippen LogP contribution in [0, 0.1) is 0 Å². The van der Waals surface area contributed by atoms with Crippen molar-refractivity contribution in [2.45, 2.75) is 13.1 Å². The molecule has 3 nitrogen and oxygen atoms in total. The molecule has 2 heterocycles. The number of pyridine rings is 1. The number of rotatable bonds is 3. The first-order valence-electron chi connectivity index (χ1n) is 8.31. The Kier molecular flexibility index (Phi) is 4.26. The van der Waals surface area contributed by atoms with Crippen LogP contribution in [-0.2, 0) is 13.1 Å². The number of hydrogen-bond donors (Lipinski definition) is 0. The number of hydrogen-bond acceptors (Lipinski definition) is 3. The Hall–Kier alpha value is -2.65. The monoisotopic (exact) mass is 316 g/mol. The van der Waals surface area contributed by atoms with Gasteiger partial charge in [-0.2, -0.15) is 0 Å². The molecule has 4 rings (SSSR count). The van der Waals surface area contributed by atoms with Gasteiger partial charge in [0.15, 0.2) is 0 Å². The molecular weight excluding hydrogens is 296 g/mol. The third-order valence-corrected chi connectivity index (χ3v) is 4.38. The summed E-state index contributed by atoms with van der Waals surface area (Å²) in [6.45, 7) is 3.52. The summed E-state index contributed by atoms with van der Waals surface area (Å²) in [5.41, 5.74) is 4.98. The normalized spacial score (nSPS) is 14.5. The molecule has 0 amide bonds. The fraction of sp³-hybridized carbons (Fsp3) is 0.190. The second-order valence-electron chi connectivity index (χ2n) is 6.10. The van der Waals surface area contributed by atoms with Crippen LogP contribution in [0.3, 0.4) is 0 Å². The molecule has 0 unspecified atom stereocenters. The van der Waals surface area contributed by atoms with Crippen LogP contribution < -0.4 is 4.74 Å². The summed E-state index contributed by atoms with van der Waals surface area (Å²) < 4.78 is 5.95. The SMILES string of the molecule is c1ccc(CN2CCOc3ccc(-c4ccncc4)cc3C2)cc1. The largest absolute Gasteiger partial charge is 0.492 e. The maximum absolute atomic E-state index is 5.95. The molecule has 0 saturated carbocycles. The first-order chi connectivity index (χ1) is 11.9. The van der Waals surface area contributed by atoms with Crippen LogP contribution in [0.5, 0.6) is 5.75 Å². The van der Waals surface area contributed by atoms with E-state index in [0.717, 1.165) is 32.0 Å². The van der Waals surface area contributed by atoms with Gasteiger partial charge in [0.05, 0.1) is 0 Å². The zero-order chi connectivity index (χ0) is 16.2. The van der Waals surface area contributed by atoms with Crippen LogP contribution in [0.2, 0.25) is 0 Å². The van der Waals surface area contributed by atoms with Crippen LogP contribution in [0.15, 0.2) is 73.1 Å². The number of ether oxygens (including phenoxy) is 1. The molecule has 2 aromatic carbocycles. The first kappa shape index (κ1) is 14.9. The number of aromatic nitrogens is 1. The maximum Gasteiger partial charge on any atom is 0.123 e. The Morgan fingerprint density at radius 2 is 1.75 bits per heavy atom. The maximum atomic E-state index is 5.95. The van der Waals surface area contributed by atoms with Gasteiger partial charge < -0.3 is 4.74 Å². The van der Waals surface area contributed by atoms with E-state index in [1.165, 1.54) is 22.3 Å². The summed E-state index contributed by atoms with van der Waals surface area (Å²) in [5.74, 6) is 1.00. The van der Waals surface area contributed by atoms with E-state index in [1.54, 1.807) is 0 Å². The Balaban J connectivity index is 1.59. The van der Waals surface area contributed by atoms with Gasteiger partial charge in [0.25, 0.3) is 0 Å². The van der Waals surface area contributed by atoms with Crippen molar-refractivity contribution in [1.29, 1.82) is 0 Å². The Labute approximate surface area is 142 Å². The molecule has 0 aliphatic carbocycles. The summed E-state index contributed by atoms with van der Waals surface area (Å²) in [7, 11) is 0. The molecule has 0 saturated heterocycles. The smallest absolute Gasteiger partial charge is 0.123 e. The van der Waals surface area contributed by atoms with Crippen LogP contribution >= 0.6 is 0 Å². The quantitative estimate of drug-likeness (QED) is 0.726. The fourth-order valence-electron chi connectivity index (χ4n) is 3.15. The fourth-order valence-corrected chi connectivity index (χ4v) is 3.15. The van der Waals surface area contributed by atoms with Crippen LogP contribution in [-0.4, -0.2) is 23.0 Å². The predicted octanol–water partition coefficient (Wildman–Crippen LogP) is 4.14. The van der Waals surface area contributed by atoms with E-state index in [2.05, 4.69) is 58.4 Å². The highest BCUT2D eigenvalue weighted by atomic mass is 16.5. The molecule has 0 atom stereocenters. The van der Waals surface area contributed by atoms with E-state index in [4.69, 9.17) is 4.74 Å². The van der Waals surface area contributed by atoms with Gasteiger partial charge in [-0.25, -0.2) is 0 Å². The lowest BCUT2D eigenvalue weighted by molar-refractivity contribution is 0.219. The summed E-state index contributed by atoms with van der Waals surface area (Å²) in [6, 6.07) is 21.2. The molecule has 1 aliphatic rings. The second-order valence-corrected chi connectivity index (χ2v) is 6.10. The molecule has 0 fully saturated rings. The average Bonchev–Trinajstić information content (AvgIpc) is 2.84. The van der Waals surface area contributed by atoms with Crippen molar-refractivity contribution in [3.8, 4) is 16.9 Å². The number of fused-ring (bicyclic) bond motifs is 1. The molecule has 120 valence electrons. The molecule has 3 heteroatoms. The van der Waals surface area contributed by atoms with Gasteiger partial charge in [0.1, 0.15) is 12.4 Å². The minimum Gasteiger partial charge on any atom is -0.492 e. The van der Waals surface area contributed by atoms with E-state index in [1.807, 2.05) is 24.5 Å². The molecule has 24 heavy (non-hydrogen) atoms. The summed E-state index contributed by atoms with van der Waals surface area (Å²) in [6.07, 6.45) is 3.67. The topological polar surface area (TPSA) is 25.4 Å². The summed E-state index contributed by atoms with van der Waals surface area (Å²) in [5, 5.41) is 0. The van der Waals surface area contributed by atoms with Crippen molar-refractivity contribution in [2.24, 2.45) is 0 Å². The molecule has 0 radical (unpaired) electrons. The van der Waals surface area contributed by atoms with Gasteiger partial charge in [0.2, 0.25) is 0 Å². The number of benzene rings is 2. The highest BCUT2D eigenvalue weighted by Crippen LogP contribution is 2.29. The molecule has 0 bridgehead atoms. The van der Waals surface area contributed by atoms with E-state index < -0.39 is 0 Å². The summed E-state index contributed by atoms with van der Waals surface area (Å²) in [4.78, 5) is 6.54. The average molecular weight is 316 g/mol. The summed E-state index contributed by atoms with van der Waals surface area (Å²) >= 11 is 0. The molecule has 1 aromatic heterocycles. The Bertz CT molecular complexity index is 803. The van der Waals surface area contributed by atoms with Crippen molar-refractivity contribution in [1.82, 2.24) is 9.88 Å². The third-order valence-electron chi connectivity index (χ3n) is 4.38. The number of nitrogens with zero attached hydrogens (tertiary/aromatic N) is 2. The van der Waals surface area contributed by atoms with E-state index in [-0.39, 0.29) is 0 Å². The van der Waals surface area contributed by atoms with E-state index in [9.17, 15) is 0 Å². The lowest BCUT2D eigenvalue weighted by atomic mass is 10.0. The zero-order valence-corrected chi connectivity index (χ0v) is 13.6. The van der Waals surface area contributed by atoms with Gasteiger partial charge >= 0.3 is 0 Å². The van der Waals surface area contributed by atoms with Crippen molar-refractivity contribution >= 4 is 0 Å². The van der Waals surface area contributed by atoms with Gasteiger partial charge in [-0.3, -0.25) is 9.88 Å². The Morgan fingerprint density at radius 1 is 0.917 bits per heavy atom. The molecule has 3 aromatic rings. The van der Waals surface area contributed by atoms with Gasteiger partial charge in [0, 0.05) is 37.6 Å². The first-order valence-corrected chi connectivity index (χ1v) is 8.31. The minimum absolute atomic E-state index is 0.731. The van der Waals surface area contributed by atoms with Crippen molar-refractivity contribution in [3.05, 3.63) is 84.2 Å². The molecule has 0 spiro atoms.